The van der Waals surface area contributed by atoms with Crippen molar-refractivity contribution in [2.45, 2.75) is 0 Å². The lowest BCUT2D eigenvalue weighted by Crippen LogP contribution is -2.02. The van der Waals surface area contributed by atoms with Crippen LogP contribution in [0.1, 0.15) is 5.56 Å². The maximum absolute atomic E-state index is 11.2. The Morgan fingerprint density at radius 1 is 0.466 bits per heavy atom. The van der Waals surface area contributed by atoms with E-state index in [1.54, 1.807) is 22.7 Å². The SMILES string of the molecule is [C-]#[N+]c1cc(-n2c3ccc4ccccc4c3c3ccc4c5ccccc5sc4c32)c(C#N)cc1-n1c2ccc3ccccc3c2c2ccc3c4ccccc4sc3c21. The van der Waals surface area contributed by atoms with Crippen LogP contribution in [0.3, 0.4) is 0 Å². The molecule has 0 unspecified atom stereocenters. The van der Waals surface area contributed by atoms with Crippen LogP contribution >= 0.6 is 22.7 Å². The predicted octanol–water partition coefficient (Wildman–Crippen LogP) is 15.3. The van der Waals surface area contributed by atoms with Gasteiger partial charge in [0, 0.05) is 52.5 Å². The third kappa shape index (κ3) is 4.05. The van der Waals surface area contributed by atoms with Gasteiger partial charge in [0.2, 0.25) is 5.69 Å². The summed E-state index contributed by atoms with van der Waals surface area (Å²) in [5.41, 5.74) is 6.53. The molecule has 0 radical (unpaired) electrons. The largest absolute Gasteiger partial charge is 0.318 e. The van der Waals surface area contributed by atoms with Gasteiger partial charge >= 0.3 is 0 Å². The first kappa shape index (κ1) is 31.7. The number of hydrogen-bond acceptors (Lipinski definition) is 3. The van der Waals surface area contributed by atoms with E-state index in [0.717, 1.165) is 69.9 Å². The molecule has 13 rings (SSSR count). The smallest absolute Gasteiger partial charge is 0.212 e. The molecule has 0 bridgehead atoms. The molecule has 0 amide bonds. The standard InChI is InChI=1S/C52H26N4S2/c1-54-40-27-43(55-41-24-18-29-10-2-4-12-32(29)47(41)38-22-20-36-34-14-6-8-16-45(34)57-51(36)49(38)55)31(28-53)26-44(40)56-42-25-19-30-11-3-5-13-33(30)48(42)39-23-21-37-35-15-7-9-17-46(35)58-52(37)50(39)56/h2-27H. The van der Waals surface area contributed by atoms with Gasteiger partial charge in [-0.05, 0) is 57.9 Å². The van der Waals surface area contributed by atoms with Crippen LogP contribution in [-0.2, 0) is 0 Å². The lowest BCUT2D eigenvalue weighted by molar-refractivity contribution is 1.15. The number of nitriles is 1. The first-order valence-electron chi connectivity index (χ1n) is 19.2. The molecule has 58 heavy (non-hydrogen) atoms. The van der Waals surface area contributed by atoms with Gasteiger partial charge < -0.3 is 9.13 Å². The van der Waals surface area contributed by atoms with Crippen molar-refractivity contribution in [3.05, 3.63) is 175 Å². The number of fused-ring (bicyclic) bond motifs is 18. The van der Waals surface area contributed by atoms with Crippen LogP contribution < -0.4 is 0 Å². The normalized spacial score (nSPS) is 12.1. The summed E-state index contributed by atoms with van der Waals surface area (Å²) in [6.45, 7) is 8.80. The second-order valence-electron chi connectivity index (χ2n) is 15.0. The van der Waals surface area contributed by atoms with Gasteiger partial charge in [-0.15, -0.1) is 22.7 Å². The highest BCUT2D eigenvalue weighted by Gasteiger charge is 2.25. The molecule has 6 heteroatoms. The highest BCUT2D eigenvalue weighted by Crippen LogP contribution is 2.49. The van der Waals surface area contributed by atoms with E-state index in [1.807, 2.05) is 12.1 Å². The third-order valence-corrected chi connectivity index (χ3v) is 14.5. The summed E-state index contributed by atoms with van der Waals surface area (Å²) in [6, 6.07) is 58.4. The molecule has 0 spiro atoms. The zero-order valence-corrected chi connectivity index (χ0v) is 32.2. The number of rotatable bonds is 2. The molecule has 9 aromatic carbocycles. The highest BCUT2D eigenvalue weighted by molar-refractivity contribution is 7.27. The molecule has 4 heterocycles. The topological polar surface area (TPSA) is 38.0 Å². The summed E-state index contributed by atoms with van der Waals surface area (Å²) in [6.07, 6.45) is 0. The van der Waals surface area contributed by atoms with E-state index in [4.69, 9.17) is 6.57 Å². The molecule has 13 aromatic rings. The molecule has 0 aliphatic heterocycles. The second-order valence-corrected chi connectivity index (χ2v) is 17.1. The summed E-state index contributed by atoms with van der Waals surface area (Å²) in [4.78, 5) is 4.29. The zero-order valence-electron chi connectivity index (χ0n) is 30.6. The van der Waals surface area contributed by atoms with Gasteiger partial charge in [0.25, 0.3) is 0 Å². The average Bonchev–Trinajstić information content (AvgIpc) is 4.03. The third-order valence-electron chi connectivity index (χ3n) is 12.1. The Hall–Kier alpha value is -7.48. The van der Waals surface area contributed by atoms with Gasteiger partial charge in [-0.2, -0.15) is 5.26 Å². The van der Waals surface area contributed by atoms with Crippen LogP contribution in [0.4, 0.5) is 5.69 Å². The molecule has 0 aliphatic carbocycles. The lowest BCUT2D eigenvalue weighted by Gasteiger charge is -2.16. The molecule has 0 saturated carbocycles. The summed E-state index contributed by atoms with van der Waals surface area (Å²) in [7, 11) is 0. The van der Waals surface area contributed by atoms with E-state index >= 15 is 0 Å². The Labute approximate surface area is 338 Å². The second kappa shape index (κ2) is 11.5. The fourth-order valence-electron chi connectivity index (χ4n) is 9.71. The van der Waals surface area contributed by atoms with E-state index in [9.17, 15) is 5.26 Å². The van der Waals surface area contributed by atoms with Crippen molar-refractivity contribution < 1.29 is 0 Å². The minimum absolute atomic E-state index is 0.485. The van der Waals surface area contributed by atoms with E-state index in [1.165, 1.54) is 35.6 Å². The summed E-state index contributed by atoms with van der Waals surface area (Å²) >= 11 is 3.57. The highest BCUT2D eigenvalue weighted by atomic mass is 32.1. The van der Waals surface area contributed by atoms with Crippen LogP contribution in [0.15, 0.2) is 158 Å². The van der Waals surface area contributed by atoms with Crippen molar-refractivity contribution in [2.75, 3.05) is 0 Å². The molecule has 0 atom stereocenters. The monoisotopic (exact) mass is 770 g/mol. The van der Waals surface area contributed by atoms with E-state index in [-0.39, 0.29) is 0 Å². The van der Waals surface area contributed by atoms with Gasteiger partial charge in [0.15, 0.2) is 0 Å². The van der Waals surface area contributed by atoms with Crippen molar-refractivity contribution >= 4 is 134 Å². The Bertz CT molecular complexity index is 3800. The quantitative estimate of drug-likeness (QED) is 0.161. The fourth-order valence-corrected chi connectivity index (χ4v) is 12.2. The maximum atomic E-state index is 11.2. The minimum atomic E-state index is 0.485. The molecule has 0 fully saturated rings. The Morgan fingerprint density at radius 2 is 0.931 bits per heavy atom. The van der Waals surface area contributed by atoms with Crippen LogP contribution in [0, 0.1) is 17.9 Å². The molecule has 4 nitrogen and oxygen atoms in total. The van der Waals surface area contributed by atoms with Crippen molar-refractivity contribution in [2.24, 2.45) is 0 Å². The van der Waals surface area contributed by atoms with Gasteiger partial charge in [-0.3, -0.25) is 0 Å². The summed E-state index contributed by atoms with van der Waals surface area (Å²) in [5.74, 6) is 0. The fraction of sp³-hybridized carbons (Fsp3) is 0. The molecule has 0 N–H and O–H groups in total. The van der Waals surface area contributed by atoms with Crippen LogP contribution in [-0.4, -0.2) is 9.13 Å². The van der Waals surface area contributed by atoms with Gasteiger partial charge in [0.1, 0.15) is 6.07 Å². The Morgan fingerprint density at radius 3 is 1.45 bits per heavy atom. The zero-order chi connectivity index (χ0) is 38.2. The molecular formula is C52H26N4S2. The van der Waals surface area contributed by atoms with E-state index in [2.05, 4.69) is 166 Å². The molecule has 0 aliphatic rings. The first-order valence-corrected chi connectivity index (χ1v) is 20.8. The van der Waals surface area contributed by atoms with Crippen molar-refractivity contribution in [1.29, 1.82) is 5.26 Å². The van der Waals surface area contributed by atoms with Gasteiger partial charge in [0.05, 0.1) is 55.0 Å². The number of aromatic nitrogens is 2. The Kier molecular flexibility index (Phi) is 6.30. The number of benzene rings is 9. The summed E-state index contributed by atoms with van der Waals surface area (Å²) < 4.78 is 9.29. The molecular weight excluding hydrogens is 745 g/mol. The average molecular weight is 771 g/mol. The van der Waals surface area contributed by atoms with Gasteiger partial charge in [-0.1, -0.05) is 121 Å². The van der Waals surface area contributed by atoms with Crippen molar-refractivity contribution in [3.8, 4) is 17.4 Å². The lowest BCUT2D eigenvalue weighted by atomic mass is 10.0. The van der Waals surface area contributed by atoms with Crippen LogP contribution in [0.2, 0.25) is 0 Å². The maximum Gasteiger partial charge on any atom is 0.212 e. The number of nitrogens with zero attached hydrogens (tertiary/aromatic N) is 4. The van der Waals surface area contributed by atoms with Crippen molar-refractivity contribution in [3.63, 3.8) is 0 Å². The van der Waals surface area contributed by atoms with E-state index in [0.29, 0.717) is 22.6 Å². The molecule has 266 valence electrons. The Balaban J connectivity index is 1.19. The van der Waals surface area contributed by atoms with Crippen LogP contribution in [0.25, 0.3) is 122 Å². The molecule has 4 aromatic heterocycles. The minimum Gasteiger partial charge on any atom is -0.318 e. The molecule has 0 saturated heterocycles. The summed E-state index contributed by atoms with van der Waals surface area (Å²) in [5, 5.41) is 25.2. The predicted molar refractivity (Wildman–Crippen MR) is 247 cm³/mol. The van der Waals surface area contributed by atoms with Crippen molar-refractivity contribution in [1.82, 2.24) is 9.13 Å². The first-order chi connectivity index (χ1) is 28.7. The van der Waals surface area contributed by atoms with Crippen LogP contribution in [0.5, 0.6) is 0 Å². The number of thiophene rings is 2. The van der Waals surface area contributed by atoms with E-state index < -0.39 is 0 Å². The van der Waals surface area contributed by atoms with Gasteiger partial charge in [-0.25, -0.2) is 4.85 Å². The number of hydrogen-bond donors (Lipinski definition) is 0.